The fraction of sp³-hybridized carbons (Fsp3) is 0.806. The summed E-state index contributed by atoms with van der Waals surface area (Å²) in [7, 11) is 0. The summed E-state index contributed by atoms with van der Waals surface area (Å²) < 4.78 is 17.7. The third-order valence-electron chi connectivity index (χ3n) is 16.1. The largest absolute Gasteiger partial charge is 0.454 e. The van der Waals surface area contributed by atoms with E-state index in [1.165, 1.54) is 180 Å². The summed E-state index contributed by atoms with van der Waals surface area (Å²) in [4.78, 5) is 26.6. The molecule has 0 radical (unpaired) electrons. The minimum absolute atomic E-state index is 0.121. The van der Waals surface area contributed by atoms with Gasteiger partial charge in [-0.25, -0.2) is 0 Å². The molecule has 1 rings (SSSR count). The van der Waals surface area contributed by atoms with Crippen molar-refractivity contribution < 1.29 is 49.3 Å². The van der Waals surface area contributed by atoms with Crippen molar-refractivity contribution in [1.29, 1.82) is 0 Å². The maximum Gasteiger partial charge on any atom is 0.306 e. The number of nitrogens with one attached hydrogen (secondary N) is 1. The number of allylic oxidation sites excluding steroid dienone is 11. The van der Waals surface area contributed by atoms with Gasteiger partial charge in [0.2, 0.25) is 5.91 Å². The number of unbranched alkanes of at least 4 members (excludes halogenated alkanes) is 35. The van der Waals surface area contributed by atoms with Gasteiger partial charge in [0.1, 0.15) is 24.4 Å². The van der Waals surface area contributed by atoms with Crippen LogP contribution in [-0.4, -0.2) is 99.6 Å². The SMILES string of the molecule is CC/C=C\C/C=C\C/C=C\C/C=C\C/C=C\CCCCC(O)C(=O)NC(COC1OC(CO)C(O)C(O)C1OC(=O)CCCCCCCCCCCCCCCCCCCCCCCCC)C(O)/C=C/CCCCCCCCCCCCC. The Morgan fingerprint density at radius 1 is 0.482 bits per heavy atom. The minimum atomic E-state index is -1.62. The smallest absolute Gasteiger partial charge is 0.306 e. The zero-order valence-corrected chi connectivity index (χ0v) is 53.6. The Morgan fingerprint density at radius 2 is 0.867 bits per heavy atom. The molecule has 1 fully saturated rings. The van der Waals surface area contributed by atoms with Crippen molar-refractivity contribution in [2.24, 2.45) is 0 Å². The van der Waals surface area contributed by atoms with E-state index in [9.17, 15) is 35.1 Å². The summed E-state index contributed by atoms with van der Waals surface area (Å²) in [5.74, 6) is -1.22. The van der Waals surface area contributed by atoms with Crippen LogP contribution in [0.15, 0.2) is 72.9 Å². The molecule has 1 heterocycles. The Kier molecular flexibility index (Phi) is 55.9. The number of carbonyl (C=O) groups is 2. The lowest BCUT2D eigenvalue weighted by atomic mass is 9.99. The van der Waals surface area contributed by atoms with Gasteiger partial charge in [0.05, 0.1) is 25.4 Å². The third-order valence-corrected chi connectivity index (χ3v) is 16.1. The van der Waals surface area contributed by atoms with Crippen LogP contribution in [0.3, 0.4) is 0 Å². The maximum atomic E-state index is 13.5. The summed E-state index contributed by atoms with van der Waals surface area (Å²) in [6.07, 6.45) is 66.6. The molecular formula is C72H129NO10. The number of ether oxygens (including phenoxy) is 3. The average Bonchev–Trinajstić information content (AvgIpc) is 3.54. The van der Waals surface area contributed by atoms with Gasteiger partial charge in [-0.2, -0.15) is 0 Å². The van der Waals surface area contributed by atoms with E-state index < -0.39 is 67.4 Å². The number of esters is 1. The highest BCUT2D eigenvalue weighted by atomic mass is 16.7. The van der Waals surface area contributed by atoms with E-state index in [0.29, 0.717) is 12.8 Å². The van der Waals surface area contributed by atoms with E-state index in [-0.39, 0.29) is 19.4 Å². The van der Waals surface area contributed by atoms with Gasteiger partial charge in [0.25, 0.3) is 0 Å². The molecule has 0 aromatic carbocycles. The first kappa shape index (κ1) is 78.1. The molecule has 6 N–H and O–H groups in total. The van der Waals surface area contributed by atoms with Crippen LogP contribution in [0.2, 0.25) is 0 Å². The number of hydrogen-bond acceptors (Lipinski definition) is 10. The summed E-state index contributed by atoms with van der Waals surface area (Å²) in [6.45, 7) is 5.69. The fourth-order valence-corrected chi connectivity index (χ4v) is 10.7. The maximum absolute atomic E-state index is 13.5. The molecule has 83 heavy (non-hydrogen) atoms. The molecule has 11 heteroatoms. The Balaban J connectivity index is 2.62. The predicted octanol–water partition coefficient (Wildman–Crippen LogP) is 17.5. The van der Waals surface area contributed by atoms with Crippen LogP contribution in [0.4, 0.5) is 0 Å². The fourth-order valence-electron chi connectivity index (χ4n) is 10.7. The van der Waals surface area contributed by atoms with Gasteiger partial charge in [-0.1, -0.05) is 306 Å². The number of amides is 1. The summed E-state index contributed by atoms with van der Waals surface area (Å²) in [5, 5.41) is 57.2. The average molecular weight is 1170 g/mol. The molecule has 0 bridgehead atoms. The number of aliphatic hydroxyl groups is 5. The molecule has 0 saturated carbocycles. The Hall–Kier alpha value is -2.90. The number of rotatable bonds is 59. The zero-order valence-electron chi connectivity index (χ0n) is 53.6. The van der Waals surface area contributed by atoms with Crippen LogP contribution in [-0.2, 0) is 23.8 Å². The monoisotopic (exact) mass is 1170 g/mol. The van der Waals surface area contributed by atoms with Crippen molar-refractivity contribution in [3.8, 4) is 0 Å². The Morgan fingerprint density at radius 3 is 1.30 bits per heavy atom. The molecule has 0 aromatic heterocycles. The van der Waals surface area contributed by atoms with Gasteiger partial charge in [-0.3, -0.25) is 9.59 Å². The number of aliphatic hydroxyl groups excluding tert-OH is 5. The molecule has 1 saturated heterocycles. The lowest BCUT2D eigenvalue weighted by Crippen LogP contribution is -2.61. The molecule has 1 aliphatic heterocycles. The van der Waals surface area contributed by atoms with Crippen LogP contribution in [0.5, 0.6) is 0 Å². The number of carbonyl (C=O) groups excluding carboxylic acids is 2. The van der Waals surface area contributed by atoms with Gasteiger partial charge >= 0.3 is 5.97 Å². The minimum Gasteiger partial charge on any atom is -0.454 e. The molecule has 482 valence electrons. The van der Waals surface area contributed by atoms with Crippen LogP contribution in [0, 0.1) is 0 Å². The molecule has 0 aliphatic carbocycles. The molecule has 0 aromatic rings. The zero-order chi connectivity index (χ0) is 60.3. The van der Waals surface area contributed by atoms with Gasteiger partial charge < -0.3 is 45.1 Å². The quantitative estimate of drug-likeness (QED) is 0.0195. The second kappa shape index (κ2) is 59.4. The summed E-state index contributed by atoms with van der Waals surface area (Å²) >= 11 is 0. The van der Waals surface area contributed by atoms with E-state index >= 15 is 0 Å². The molecule has 8 atom stereocenters. The predicted molar refractivity (Wildman–Crippen MR) is 347 cm³/mol. The Labute approximate surface area is 509 Å². The van der Waals surface area contributed by atoms with E-state index in [1.807, 2.05) is 6.08 Å². The first-order valence-corrected chi connectivity index (χ1v) is 34.7. The highest BCUT2D eigenvalue weighted by Gasteiger charge is 2.47. The lowest BCUT2D eigenvalue weighted by Gasteiger charge is -2.41. The van der Waals surface area contributed by atoms with E-state index in [2.05, 4.69) is 86.8 Å². The van der Waals surface area contributed by atoms with Gasteiger partial charge in [-0.05, 0) is 70.6 Å². The molecule has 0 spiro atoms. The van der Waals surface area contributed by atoms with Crippen molar-refractivity contribution in [3.63, 3.8) is 0 Å². The van der Waals surface area contributed by atoms with E-state index in [1.54, 1.807) is 6.08 Å². The summed E-state index contributed by atoms with van der Waals surface area (Å²) in [6, 6.07) is -1.04. The summed E-state index contributed by atoms with van der Waals surface area (Å²) in [5.41, 5.74) is 0. The standard InChI is InChI=1S/C72H129NO10/c1-4-7-10-13-16-19-22-25-27-29-31-32-33-34-35-37-39-42-45-48-51-54-57-60-67(77)83-70-69(79)68(78)66(61-74)82-72(70)81-62-63(64(75)58-55-52-49-46-43-40-24-21-18-15-12-9-6-3)73-71(80)65(76)59-56-53-50-47-44-41-38-36-30-28-26-23-20-17-14-11-8-5-2/h8,11,17,20,26,28,36,38,44,47,55,58,63-66,68-70,72,74-76,78-79H,4-7,9-10,12-16,18-19,21-25,27,29-35,37,39-43,45-46,48-54,56-57,59-62H2,1-3H3,(H,73,80)/b11-8-,20-17-,28-26-,38-36-,47-44-,58-55+. The molecule has 8 unspecified atom stereocenters. The first-order valence-electron chi connectivity index (χ1n) is 34.7. The third kappa shape index (κ3) is 46.9. The van der Waals surface area contributed by atoms with Gasteiger partial charge in [0, 0.05) is 6.42 Å². The van der Waals surface area contributed by atoms with Gasteiger partial charge in [-0.15, -0.1) is 0 Å². The van der Waals surface area contributed by atoms with Crippen molar-refractivity contribution in [1.82, 2.24) is 5.32 Å². The highest BCUT2D eigenvalue weighted by molar-refractivity contribution is 5.80. The normalized spacial score (nSPS) is 19.0. The van der Waals surface area contributed by atoms with Crippen molar-refractivity contribution in [2.45, 2.75) is 359 Å². The molecular weight excluding hydrogens is 1040 g/mol. The van der Waals surface area contributed by atoms with E-state index in [0.717, 1.165) is 83.5 Å². The van der Waals surface area contributed by atoms with Crippen molar-refractivity contribution >= 4 is 11.9 Å². The van der Waals surface area contributed by atoms with Crippen LogP contribution >= 0.6 is 0 Å². The Bertz CT molecular complexity index is 1630. The second-order valence-corrected chi connectivity index (χ2v) is 23.9. The molecule has 1 amide bonds. The van der Waals surface area contributed by atoms with E-state index in [4.69, 9.17) is 14.2 Å². The van der Waals surface area contributed by atoms with Gasteiger partial charge in [0.15, 0.2) is 12.4 Å². The molecule has 11 nitrogen and oxygen atoms in total. The molecule has 1 aliphatic rings. The van der Waals surface area contributed by atoms with Crippen molar-refractivity contribution in [2.75, 3.05) is 13.2 Å². The van der Waals surface area contributed by atoms with Crippen LogP contribution in [0.1, 0.15) is 310 Å². The highest BCUT2D eigenvalue weighted by Crippen LogP contribution is 2.26. The first-order chi connectivity index (χ1) is 40.7. The topological polar surface area (TPSA) is 175 Å². The van der Waals surface area contributed by atoms with Crippen LogP contribution < -0.4 is 5.32 Å². The van der Waals surface area contributed by atoms with Crippen LogP contribution in [0.25, 0.3) is 0 Å². The van der Waals surface area contributed by atoms with Crippen molar-refractivity contribution in [3.05, 3.63) is 72.9 Å². The number of hydrogen-bond donors (Lipinski definition) is 6. The lowest BCUT2D eigenvalue weighted by molar-refractivity contribution is -0.305. The second-order valence-electron chi connectivity index (χ2n) is 23.9.